The summed E-state index contributed by atoms with van der Waals surface area (Å²) >= 11 is 0. The number of carbonyl (C=O) groups is 2. The van der Waals surface area contributed by atoms with Crippen molar-refractivity contribution in [2.75, 3.05) is 13.1 Å². The topological polar surface area (TPSA) is 88.9 Å². The lowest BCUT2D eigenvalue weighted by Crippen LogP contribution is -2.37. The largest absolute Gasteiger partial charge is 0.355 e. The predicted octanol–water partition coefficient (Wildman–Crippen LogP) is 0.523. The van der Waals surface area contributed by atoms with E-state index in [4.69, 9.17) is 0 Å². The number of nitrogens with zero attached hydrogens (tertiary/aromatic N) is 3. The van der Waals surface area contributed by atoms with Gasteiger partial charge in [-0.3, -0.25) is 14.2 Å². The van der Waals surface area contributed by atoms with Crippen molar-refractivity contribution in [1.82, 2.24) is 25.2 Å². The molecule has 0 fully saturated rings. The maximum Gasteiger partial charge on any atom is 0.253 e. The molecule has 0 aromatic carbocycles. The number of hydrogen-bond donors (Lipinski definition) is 2. The Kier molecular flexibility index (Phi) is 5.03. The molecule has 0 aliphatic rings. The molecule has 0 aliphatic carbocycles. The van der Waals surface area contributed by atoms with Gasteiger partial charge in [0, 0.05) is 25.1 Å². The van der Waals surface area contributed by atoms with Gasteiger partial charge < -0.3 is 10.6 Å². The lowest BCUT2D eigenvalue weighted by Gasteiger charge is -2.06. The van der Waals surface area contributed by atoms with E-state index in [9.17, 15) is 9.59 Å². The second-order valence-electron chi connectivity index (χ2n) is 4.41. The van der Waals surface area contributed by atoms with Gasteiger partial charge >= 0.3 is 0 Å². The van der Waals surface area contributed by atoms with Crippen LogP contribution in [0.15, 0.2) is 37.1 Å². The van der Waals surface area contributed by atoms with Crippen LogP contribution in [0.2, 0.25) is 0 Å². The van der Waals surface area contributed by atoms with Crippen LogP contribution in [0.4, 0.5) is 0 Å². The smallest absolute Gasteiger partial charge is 0.253 e. The van der Waals surface area contributed by atoms with Crippen molar-refractivity contribution >= 4 is 11.8 Å². The molecule has 0 spiro atoms. The van der Waals surface area contributed by atoms with Gasteiger partial charge in [0.2, 0.25) is 5.91 Å². The fraction of sp³-hybridized carbons (Fsp3) is 0.286. The number of nitrogens with one attached hydrogen (secondary N) is 2. The molecule has 2 heterocycles. The molecule has 0 atom stereocenters. The Morgan fingerprint density at radius 2 is 2.14 bits per heavy atom. The molecule has 2 aromatic heterocycles. The Balaban J connectivity index is 1.90. The van der Waals surface area contributed by atoms with Crippen LogP contribution in [0.5, 0.6) is 0 Å². The van der Waals surface area contributed by atoms with Gasteiger partial charge in [-0.25, -0.2) is 9.97 Å². The van der Waals surface area contributed by atoms with E-state index < -0.39 is 0 Å². The minimum Gasteiger partial charge on any atom is -0.355 e. The number of amides is 2. The SMILES string of the molecule is CCCNC(=O)CNC(=O)c1ccc(-n2ccnc2)nc1. The number of imidazole rings is 1. The van der Waals surface area contributed by atoms with Crippen LogP contribution in [-0.4, -0.2) is 39.4 Å². The van der Waals surface area contributed by atoms with E-state index in [1.165, 1.54) is 6.20 Å². The molecule has 2 rings (SSSR count). The van der Waals surface area contributed by atoms with Crippen LogP contribution < -0.4 is 10.6 Å². The van der Waals surface area contributed by atoms with Gasteiger partial charge in [0.25, 0.3) is 5.91 Å². The van der Waals surface area contributed by atoms with Crippen molar-refractivity contribution in [3.05, 3.63) is 42.6 Å². The highest BCUT2D eigenvalue weighted by molar-refractivity contribution is 5.96. The van der Waals surface area contributed by atoms with Crippen LogP contribution in [0, 0.1) is 0 Å². The van der Waals surface area contributed by atoms with Crippen LogP contribution in [-0.2, 0) is 4.79 Å². The number of carbonyl (C=O) groups excluding carboxylic acids is 2. The maximum absolute atomic E-state index is 11.9. The van der Waals surface area contributed by atoms with Gasteiger partial charge in [-0.1, -0.05) is 6.92 Å². The Morgan fingerprint density at radius 1 is 1.29 bits per heavy atom. The van der Waals surface area contributed by atoms with Gasteiger partial charge in [0.1, 0.15) is 12.1 Å². The highest BCUT2D eigenvalue weighted by Gasteiger charge is 2.08. The molecule has 2 aromatic rings. The molecule has 0 bridgehead atoms. The summed E-state index contributed by atoms with van der Waals surface area (Å²) in [7, 11) is 0. The van der Waals surface area contributed by atoms with E-state index in [2.05, 4.69) is 20.6 Å². The first-order valence-electron chi connectivity index (χ1n) is 6.70. The van der Waals surface area contributed by atoms with Crippen molar-refractivity contribution < 1.29 is 9.59 Å². The second-order valence-corrected chi connectivity index (χ2v) is 4.41. The third-order valence-electron chi connectivity index (χ3n) is 2.76. The quantitative estimate of drug-likeness (QED) is 0.811. The average Bonchev–Trinajstić information content (AvgIpc) is 3.05. The zero-order chi connectivity index (χ0) is 15.1. The first kappa shape index (κ1) is 14.7. The van der Waals surface area contributed by atoms with Crippen LogP contribution >= 0.6 is 0 Å². The zero-order valence-electron chi connectivity index (χ0n) is 11.7. The number of rotatable bonds is 6. The van der Waals surface area contributed by atoms with Crippen LogP contribution in [0.1, 0.15) is 23.7 Å². The third-order valence-corrected chi connectivity index (χ3v) is 2.76. The number of pyridine rings is 1. The monoisotopic (exact) mass is 287 g/mol. The lowest BCUT2D eigenvalue weighted by atomic mass is 10.2. The Labute approximate surface area is 122 Å². The van der Waals surface area contributed by atoms with Gasteiger partial charge in [-0.2, -0.15) is 0 Å². The summed E-state index contributed by atoms with van der Waals surface area (Å²) in [5, 5.41) is 5.24. The molecule has 0 aliphatic heterocycles. The Morgan fingerprint density at radius 3 is 2.76 bits per heavy atom. The summed E-state index contributed by atoms with van der Waals surface area (Å²) in [5.41, 5.74) is 0.405. The second kappa shape index (κ2) is 7.18. The van der Waals surface area contributed by atoms with Gasteiger partial charge in [-0.05, 0) is 18.6 Å². The highest BCUT2D eigenvalue weighted by atomic mass is 16.2. The molecule has 2 amide bonds. The summed E-state index contributed by atoms with van der Waals surface area (Å²) in [6, 6.07) is 3.37. The first-order valence-corrected chi connectivity index (χ1v) is 6.70. The van der Waals surface area contributed by atoms with Gasteiger partial charge in [0.15, 0.2) is 0 Å². The fourth-order valence-corrected chi connectivity index (χ4v) is 1.66. The third kappa shape index (κ3) is 4.13. The van der Waals surface area contributed by atoms with E-state index in [1.807, 2.05) is 6.92 Å². The standard InChI is InChI=1S/C14H17N5O2/c1-2-5-16-13(20)9-18-14(21)11-3-4-12(17-8-11)19-7-6-15-10-19/h3-4,6-8,10H,2,5,9H2,1H3,(H,16,20)(H,18,21). The van der Waals surface area contributed by atoms with Crippen molar-refractivity contribution in [2.24, 2.45) is 0 Å². The van der Waals surface area contributed by atoms with E-state index in [0.29, 0.717) is 17.9 Å². The number of aromatic nitrogens is 3. The molecule has 0 saturated carbocycles. The lowest BCUT2D eigenvalue weighted by molar-refractivity contribution is -0.120. The molecule has 7 nitrogen and oxygen atoms in total. The fourth-order valence-electron chi connectivity index (χ4n) is 1.66. The molecular formula is C14H17N5O2. The molecule has 0 unspecified atom stereocenters. The summed E-state index contributed by atoms with van der Waals surface area (Å²) in [5.74, 6) is 0.143. The van der Waals surface area contributed by atoms with E-state index in [-0.39, 0.29) is 18.4 Å². The van der Waals surface area contributed by atoms with Crippen molar-refractivity contribution in [3.8, 4) is 5.82 Å². The normalized spacial score (nSPS) is 10.1. The summed E-state index contributed by atoms with van der Waals surface area (Å²) < 4.78 is 1.74. The summed E-state index contributed by atoms with van der Waals surface area (Å²) in [6.45, 7) is 2.53. The Hall–Kier alpha value is -2.70. The minimum absolute atomic E-state index is 0.0396. The molecule has 110 valence electrons. The first-order chi connectivity index (χ1) is 10.2. The minimum atomic E-state index is -0.327. The van der Waals surface area contributed by atoms with Crippen LogP contribution in [0.25, 0.3) is 5.82 Å². The van der Waals surface area contributed by atoms with Crippen LogP contribution in [0.3, 0.4) is 0 Å². The average molecular weight is 287 g/mol. The number of hydrogen-bond acceptors (Lipinski definition) is 4. The van der Waals surface area contributed by atoms with E-state index in [1.54, 1.807) is 35.4 Å². The van der Waals surface area contributed by atoms with Crippen molar-refractivity contribution in [2.45, 2.75) is 13.3 Å². The predicted molar refractivity (Wildman–Crippen MR) is 77.0 cm³/mol. The molecule has 0 radical (unpaired) electrons. The van der Waals surface area contributed by atoms with Crippen molar-refractivity contribution in [3.63, 3.8) is 0 Å². The van der Waals surface area contributed by atoms with E-state index in [0.717, 1.165) is 6.42 Å². The molecule has 0 saturated heterocycles. The summed E-state index contributed by atoms with van der Waals surface area (Å²) in [4.78, 5) is 31.4. The zero-order valence-corrected chi connectivity index (χ0v) is 11.7. The highest BCUT2D eigenvalue weighted by Crippen LogP contribution is 2.05. The molecule has 2 N–H and O–H groups in total. The molecule has 7 heteroatoms. The molecular weight excluding hydrogens is 270 g/mol. The molecule has 21 heavy (non-hydrogen) atoms. The van der Waals surface area contributed by atoms with Gasteiger partial charge in [0.05, 0.1) is 12.1 Å². The van der Waals surface area contributed by atoms with Gasteiger partial charge in [-0.15, -0.1) is 0 Å². The Bertz CT molecular complexity index is 592. The maximum atomic E-state index is 11.9. The summed E-state index contributed by atoms with van der Waals surface area (Å²) in [6.07, 6.45) is 7.37. The van der Waals surface area contributed by atoms with E-state index >= 15 is 0 Å². The van der Waals surface area contributed by atoms with Crippen molar-refractivity contribution in [1.29, 1.82) is 0 Å².